The second kappa shape index (κ2) is 7.44. The summed E-state index contributed by atoms with van der Waals surface area (Å²) < 4.78 is 31.1. The molecule has 2 aliphatic heterocycles. The van der Waals surface area contributed by atoms with Gasteiger partial charge in [-0.3, -0.25) is 4.57 Å². The minimum Gasteiger partial charge on any atom is -0.394 e. The average Bonchev–Trinajstić information content (AvgIpc) is 3.30. The topological polar surface area (TPSA) is 198 Å². The first-order chi connectivity index (χ1) is 14.1. The molecule has 1 unspecified atom stereocenters. The number of ether oxygens (including phenoxy) is 3. The highest BCUT2D eigenvalue weighted by Crippen LogP contribution is 2.43. The maximum Gasteiger partial charge on any atom is 0.350 e. The number of hydrogen-bond donors (Lipinski definition) is 6. The van der Waals surface area contributed by atoms with Crippen molar-refractivity contribution in [1.82, 2.24) is 19.5 Å². The van der Waals surface area contributed by atoms with Crippen molar-refractivity contribution in [3.63, 3.8) is 0 Å². The molecular weight excluding hydrogens is 433 g/mol. The summed E-state index contributed by atoms with van der Waals surface area (Å²) in [7, 11) is 0. The molecule has 15 heteroatoms. The first-order valence-electron chi connectivity index (χ1n) is 8.75. The first-order valence-corrected chi connectivity index (χ1v) is 9.13. The molecule has 0 bridgehead atoms. The molecule has 2 aromatic rings. The average molecular weight is 452 g/mol. The molecule has 2 fully saturated rings. The molecule has 2 aliphatic rings. The fourth-order valence-corrected chi connectivity index (χ4v) is 3.69. The number of fused-ring (bicyclic) bond motifs is 1. The van der Waals surface area contributed by atoms with Gasteiger partial charge in [-0.05, 0) is 0 Å². The van der Waals surface area contributed by atoms with Gasteiger partial charge in [-0.2, -0.15) is 4.39 Å². The van der Waals surface area contributed by atoms with Crippen molar-refractivity contribution < 1.29 is 44.1 Å². The molecule has 13 nitrogen and oxygen atoms in total. The van der Waals surface area contributed by atoms with Crippen molar-refractivity contribution in [2.75, 3.05) is 18.9 Å². The van der Waals surface area contributed by atoms with Crippen LogP contribution in [0.3, 0.4) is 0 Å². The lowest BCUT2D eigenvalue weighted by atomic mass is 10.1. The molecule has 0 aromatic carbocycles. The summed E-state index contributed by atoms with van der Waals surface area (Å²) in [5, 5.41) is 47.1. The molecule has 30 heavy (non-hydrogen) atoms. The van der Waals surface area contributed by atoms with Crippen LogP contribution in [0.25, 0.3) is 11.2 Å². The molecule has 8 atom stereocenters. The summed E-state index contributed by atoms with van der Waals surface area (Å²) >= 11 is 6.09. The van der Waals surface area contributed by atoms with Gasteiger partial charge in [0.25, 0.3) is 0 Å². The van der Waals surface area contributed by atoms with E-state index in [9.17, 15) is 24.8 Å². The van der Waals surface area contributed by atoms with Gasteiger partial charge in [-0.1, -0.05) is 11.6 Å². The predicted octanol–water partition coefficient (Wildman–Crippen LogP) is -2.65. The number of aliphatic hydroxyl groups excluding tert-OH is 4. The number of imidazole rings is 1. The normalized spacial score (nSPS) is 41.7. The molecule has 2 aromatic heterocycles. The standard InChI is InChI=1S/C15H19ClFN5O8/c16-14(27)9(25)6(2-28-15(17)10(26)8(24)5(1-23)30-15)29-13(14)22-4-21-7-11(18)19-3-20-12(7)22/h3-6,8-10,13,23-27H,1-2H2,(H2,18,19,20)/t5-,6-,8-,9-,10+,13-,14-,15?/m1/s1. The highest BCUT2D eigenvalue weighted by Gasteiger charge is 2.59. The molecule has 0 spiro atoms. The Morgan fingerprint density at radius 2 is 1.97 bits per heavy atom. The lowest BCUT2D eigenvalue weighted by molar-refractivity contribution is -0.342. The van der Waals surface area contributed by atoms with Gasteiger partial charge in [0.05, 0.1) is 19.5 Å². The van der Waals surface area contributed by atoms with Gasteiger partial charge >= 0.3 is 6.04 Å². The molecule has 166 valence electrons. The van der Waals surface area contributed by atoms with Crippen LogP contribution in [-0.2, 0) is 14.2 Å². The van der Waals surface area contributed by atoms with Gasteiger partial charge in [0.15, 0.2) is 23.8 Å². The van der Waals surface area contributed by atoms with Crippen LogP contribution in [0.1, 0.15) is 6.23 Å². The van der Waals surface area contributed by atoms with Crippen molar-refractivity contribution in [2.24, 2.45) is 0 Å². The number of halogens is 2. The number of nitrogens with two attached hydrogens (primary N) is 1. The fourth-order valence-electron chi connectivity index (χ4n) is 3.39. The van der Waals surface area contributed by atoms with Crippen LogP contribution in [0.15, 0.2) is 12.7 Å². The van der Waals surface area contributed by atoms with E-state index in [1.54, 1.807) is 0 Å². The lowest BCUT2D eigenvalue weighted by Crippen LogP contribution is -2.46. The summed E-state index contributed by atoms with van der Waals surface area (Å²) in [6, 6.07) is -3.18. The van der Waals surface area contributed by atoms with Gasteiger partial charge in [-0.15, -0.1) is 0 Å². The summed E-state index contributed by atoms with van der Waals surface area (Å²) in [6.45, 7) is -1.51. The van der Waals surface area contributed by atoms with Crippen LogP contribution in [0.2, 0.25) is 0 Å². The number of anilines is 1. The second-order valence-corrected chi connectivity index (χ2v) is 7.56. The monoisotopic (exact) mass is 451 g/mol. The van der Waals surface area contributed by atoms with Crippen LogP contribution < -0.4 is 5.73 Å². The zero-order valence-electron chi connectivity index (χ0n) is 15.1. The molecule has 4 heterocycles. The third kappa shape index (κ3) is 3.21. The van der Waals surface area contributed by atoms with E-state index in [4.69, 9.17) is 36.7 Å². The fraction of sp³-hybridized carbons (Fsp3) is 0.667. The molecule has 0 amide bonds. The smallest absolute Gasteiger partial charge is 0.350 e. The number of aromatic nitrogens is 4. The summed E-state index contributed by atoms with van der Waals surface area (Å²) in [5.41, 5.74) is 6.08. The van der Waals surface area contributed by atoms with E-state index < -0.39 is 61.1 Å². The van der Waals surface area contributed by atoms with E-state index in [1.165, 1.54) is 10.9 Å². The highest BCUT2D eigenvalue weighted by molar-refractivity contribution is 6.23. The molecule has 0 aliphatic carbocycles. The first kappa shape index (κ1) is 21.5. The molecule has 2 saturated heterocycles. The van der Waals surface area contributed by atoms with E-state index in [0.29, 0.717) is 0 Å². The van der Waals surface area contributed by atoms with Crippen molar-refractivity contribution in [1.29, 1.82) is 0 Å². The Morgan fingerprint density at radius 3 is 2.63 bits per heavy atom. The number of aliphatic hydroxyl groups is 5. The Balaban J connectivity index is 1.53. The van der Waals surface area contributed by atoms with Crippen molar-refractivity contribution in [3.05, 3.63) is 12.7 Å². The molecule has 0 saturated carbocycles. The van der Waals surface area contributed by atoms with Crippen LogP contribution >= 0.6 is 11.6 Å². The Morgan fingerprint density at radius 1 is 1.23 bits per heavy atom. The maximum atomic E-state index is 14.7. The summed E-state index contributed by atoms with van der Waals surface area (Å²) in [6.07, 6.45) is -7.51. The van der Waals surface area contributed by atoms with Gasteiger partial charge < -0.3 is 45.5 Å². The van der Waals surface area contributed by atoms with E-state index in [-0.39, 0.29) is 17.0 Å². The van der Waals surface area contributed by atoms with Crippen LogP contribution in [-0.4, -0.2) is 99.9 Å². The minimum absolute atomic E-state index is 0.0685. The van der Waals surface area contributed by atoms with Gasteiger partial charge in [-0.25, -0.2) is 15.0 Å². The third-order valence-corrected chi connectivity index (χ3v) is 5.46. The van der Waals surface area contributed by atoms with E-state index in [1.807, 2.05) is 0 Å². The predicted molar refractivity (Wildman–Crippen MR) is 94.2 cm³/mol. The quantitative estimate of drug-likeness (QED) is 0.258. The summed E-state index contributed by atoms with van der Waals surface area (Å²) in [5.74, 6) is 0.0685. The number of hydrogen-bond acceptors (Lipinski definition) is 12. The zero-order valence-corrected chi connectivity index (χ0v) is 15.9. The SMILES string of the molecule is Nc1ncnc2c1ncn2[C@@H]1O[C@H](COC2(F)O[C@H](CO)[C@@H](O)[C@@H]2O)[C@@H](O)[C@]1(O)Cl. The maximum absolute atomic E-state index is 14.7. The third-order valence-electron chi connectivity index (χ3n) is 5.05. The van der Waals surface area contributed by atoms with Crippen LogP contribution in [0.5, 0.6) is 0 Å². The Labute approximate surface area is 172 Å². The molecule has 4 rings (SSSR count). The number of nitrogens with zero attached hydrogens (tertiary/aromatic N) is 4. The van der Waals surface area contributed by atoms with Gasteiger partial charge in [0.1, 0.15) is 36.3 Å². The molecular formula is C15H19ClFN5O8. The minimum atomic E-state index is -3.18. The molecule has 0 radical (unpaired) electrons. The van der Waals surface area contributed by atoms with Crippen LogP contribution in [0.4, 0.5) is 10.2 Å². The van der Waals surface area contributed by atoms with Crippen molar-refractivity contribution in [2.45, 2.75) is 47.8 Å². The van der Waals surface area contributed by atoms with Gasteiger partial charge in [0, 0.05) is 0 Å². The van der Waals surface area contributed by atoms with Crippen molar-refractivity contribution >= 4 is 28.6 Å². The lowest BCUT2D eigenvalue weighted by Gasteiger charge is -2.26. The van der Waals surface area contributed by atoms with Gasteiger partial charge in [0.2, 0.25) is 5.06 Å². The van der Waals surface area contributed by atoms with E-state index in [0.717, 1.165) is 6.33 Å². The second-order valence-electron chi connectivity index (χ2n) is 6.95. The Bertz CT molecular complexity index is 936. The highest BCUT2D eigenvalue weighted by atomic mass is 35.5. The largest absolute Gasteiger partial charge is 0.394 e. The number of nitrogen functional groups attached to an aromatic ring is 1. The number of alkyl halides is 2. The van der Waals surface area contributed by atoms with Crippen molar-refractivity contribution in [3.8, 4) is 0 Å². The Kier molecular flexibility index (Phi) is 5.32. The number of rotatable bonds is 5. The van der Waals surface area contributed by atoms with E-state index in [2.05, 4.69) is 15.0 Å². The van der Waals surface area contributed by atoms with E-state index >= 15 is 0 Å². The zero-order chi connectivity index (χ0) is 21.8. The molecule has 7 N–H and O–H groups in total. The summed E-state index contributed by atoms with van der Waals surface area (Å²) in [4.78, 5) is 11.8. The van der Waals surface area contributed by atoms with Crippen LogP contribution in [0, 0.1) is 0 Å². The Hall–Kier alpha value is -1.75.